The van der Waals surface area contributed by atoms with Gasteiger partial charge in [-0.25, -0.2) is 0 Å². The van der Waals surface area contributed by atoms with E-state index in [-0.39, 0.29) is 24.0 Å². The van der Waals surface area contributed by atoms with Gasteiger partial charge >= 0.3 is 0 Å². The molecule has 10 heteroatoms. The first-order valence-electron chi connectivity index (χ1n) is 10.1. The van der Waals surface area contributed by atoms with Gasteiger partial charge in [0.1, 0.15) is 5.82 Å². The quantitative estimate of drug-likeness (QED) is 0.407. The maximum Gasteiger partial charge on any atom is 0.234 e. The Hall–Kier alpha value is -2.55. The van der Waals surface area contributed by atoms with Crippen LogP contribution in [-0.2, 0) is 29.0 Å². The summed E-state index contributed by atoms with van der Waals surface area (Å²) in [6.45, 7) is 4.56. The minimum absolute atomic E-state index is 0.0893. The first kappa shape index (κ1) is 24.1. The average molecular weight is 492 g/mol. The highest BCUT2D eigenvalue weighted by Gasteiger charge is 2.17. The van der Waals surface area contributed by atoms with E-state index in [9.17, 15) is 9.59 Å². The summed E-state index contributed by atoms with van der Waals surface area (Å²) in [5.74, 6) is 0.260. The van der Waals surface area contributed by atoms with E-state index in [0.717, 1.165) is 17.7 Å². The molecule has 0 fully saturated rings. The summed E-state index contributed by atoms with van der Waals surface area (Å²) >= 11 is 13.2. The number of para-hydroxylation sites is 1. The fraction of sp³-hybridized carbons (Fsp3) is 0.273. The second-order valence-electron chi connectivity index (χ2n) is 6.84. The van der Waals surface area contributed by atoms with Crippen molar-refractivity contribution in [3.8, 4) is 0 Å². The Labute approximate surface area is 200 Å². The van der Waals surface area contributed by atoms with Crippen LogP contribution in [0.25, 0.3) is 0 Å². The number of anilines is 2. The Morgan fingerprint density at radius 1 is 1.00 bits per heavy atom. The Bertz CT molecular complexity index is 1120. The van der Waals surface area contributed by atoms with Crippen molar-refractivity contribution in [2.45, 2.75) is 38.4 Å². The van der Waals surface area contributed by atoms with Crippen LogP contribution in [0.4, 0.5) is 11.4 Å². The average Bonchev–Trinajstić information content (AvgIpc) is 3.15. The number of nitrogens with zero attached hydrogens (tertiary/aromatic N) is 3. The van der Waals surface area contributed by atoms with Gasteiger partial charge in [-0.3, -0.25) is 9.59 Å². The van der Waals surface area contributed by atoms with Gasteiger partial charge in [-0.2, -0.15) is 0 Å². The van der Waals surface area contributed by atoms with Crippen molar-refractivity contribution in [1.29, 1.82) is 0 Å². The van der Waals surface area contributed by atoms with Crippen LogP contribution in [0.3, 0.4) is 0 Å². The molecule has 32 heavy (non-hydrogen) atoms. The molecule has 7 nitrogen and oxygen atoms in total. The lowest BCUT2D eigenvalue weighted by Gasteiger charge is -2.11. The predicted molar refractivity (Wildman–Crippen MR) is 130 cm³/mol. The highest BCUT2D eigenvalue weighted by atomic mass is 35.5. The zero-order valence-corrected chi connectivity index (χ0v) is 20.0. The Morgan fingerprint density at radius 3 is 2.47 bits per heavy atom. The van der Waals surface area contributed by atoms with Crippen LogP contribution in [0.15, 0.2) is 47.6 Å². The number of rotatable bonds is 9. The lowest BCUT2D eigenvalue weighted by molar-refractivity contribution is -0.116. The largest absolute Gasteiger partial charge is 0.325 e. The number of benzene rings is 2. The number of aryl methyl sites for hydroxylation is 1. The topological polar surface area (TPSA) is 88.9 Å². The molecule has 2 N–H and O–H groups in total. The van der Waals surface area contributed by atoms with Crippen LogP contribution in [0.1, 0.15) is 25.2 Å². The van der Waals surface area contributed by atoms with Gasteiger partial charge in [0.05, 0.1) is 22.9 Å². The van der Waals surface area contributed by atoms with E-state index in [1.807, 2.05) is 42.7 Å². The van der Waals surface area contributed by atoms with Gasteiger partial charge in [-0.1, -0.05) is 60.1 Å². The highest BCUT2D eigenvalue weighted by Crippen LogP contribution is 2.26. The molecule has 0 aliphatic heterocycles. The van der Waals surface area contributed by atoms with Crippen molar-refractivity contribution in [2.24, 2.45) is 0 Å². The molecule has 0 aliphatic rings. The summed E-state index contributed by atoms with van der Waals surface area (Å²) in [5, 5.41) is 15.4. The fourth-order valence-corrected chi connectivity index (χ4v) is 4.35. The van der Waals surface area contributed by atoms with Crippen LogP contribution in [-0.4, -0.2) is 32.3 Å². The third kappa shape index (κ3) is 6.25. The van der Waals surface area contributed by atoms with E-state index < -0.39 is 0 Å². The summed E-state index contributed by atoms with van der Waals surface area (Å²) in [6, 6.07) is 12.6. The number of thioether (sulfide) groups is 1. The summed E-state index contributed by atoms with van der Waals surface area (Å²) < 4.78 is 1.83. The Balaban J connectivity index is 1.60. The molecule has 0 radical (unpaired) electrons. The van der Waals surface area contributed by atoms with E-state index in [1.165, 1.54) is 11.8 Å². The molecule has 168 valence electrons. The number of hydrogen-bond donors (Lipinski definition) is 2. The van der Waals surface area contributed by atoms with Crippen molar-refractivity contribution < 1.29 is 9.59 Å². The van der Waals surface area contributed by atoms with E-state index in [4.69, 9.17) is 23.2 Å². The van der Waals surface area contributed by atoms with E-state index in [1.54, 1.807) is 18.2 Å². The maximum atomic E-state index is 12.6. The molecule has 0 saturated carbocycles. The molecule has 0 atom stereocenters. The summed E-state index contributed by atoms with van der Waals surface area (Å²) in [7, 11) is 0. The van der Waals surface area contributed by atoms with Crippen molar-refractivity contribution >= 4 is 58.2 Å². The summed E-state index contributed by atoms with van der Waals surface area (Å²) in [6.07, 6.45) is 0.914. The number of carbonyl (C=O) groups is 2. The molecule has 0 saturated heterocycles. The number of aromatic nitrogens is 3. The van der Waals surface area contributed by atoms with E-state index >= 15 is 0 Å². The zero-order chi connectivity index (χ0) is 23.1. The second-order valence-corrected chi connectivity index (χ2v) is 8.63. The lowest BCUT2D eigenvalue weighted by Crippen LogP contribution is -2.18. The van der Waals surface area contributed by atoms with Gasteiger partial charge in [-0.15, -0.1) is 10.2 Å². The van der Waals surface area contributed by atoms with Gasteiger partial charge < -0.3 is 15.2 Å². The molecule has 2 aromatic carbocycles. The van der Waals surface area contributed by atoms with Gasteiger partial charge in [-0.05, 0) is 43.2 Å². The van der Waals surface area contributed by atoms with Crippen LogP contribution >= 0.6 is 35.0 Å². The number of amides is 2. The van der Waals surface area contributed by atoms with Gasteiger partial charge in [0.25, 0.3) is 0 Å². The normalized spacial score (nSPS) is 10.8. The summed E-state index contributed by atoms with van der Waals surface area (Å²) in [4.78, 5) is 24.9. The van der Waals surface area contributed by atoms with Crippen LogP contribution in [0, 0.1) is 0 Å². The molecule has 3 rings (SSSR count). The van der Waals surface area contributed by atoms with Gasteiger partial charge in [0, 0.05) is 17.3 Å². The number of hydrogen-bond acceptors (Lipinski definition) is 5. The van der Waals surface area contributed by atoms with Crippen LogP contribution in [0.5, 0.6) is 0 Å². The standard InChI is InChI=1S/C22H23Cl2N5O2S/c1-3-14-7-5-6-8-17(14)25-20(30)12-19-27-28-22(29(19)4-2)32-13-21(31)26-18-10-9-15(23)11-16(18)24/h5-11H,3-4,12-13H2,1-2H3,(H,25,30)(H,26,31). The Kier molecular flexibility index (Phi) is 8.55. The van der Waals surface area contributed by atoms with Crippen molar-refractivity contribution in [3.05, 3.63) is 63.9 Å². The first-order valence-corrected chi connectivity index (χ1v) is 11.8. The maximum absolute atomic E-state index is 12.6. The fourth-order valence-electron chi connectivity index (χ4n) is 3.07. The molecule has 2 amide bonds. The number of nitrogens with one attached hydrogen (secondary N) is 2. The number of halogens is 2. The molecule has 3 aromatic rings. The zero-order valence-electron chi connectivity index (χ0n) is 17.7. The molecule has 1 heterocycles. The smallest absolute Gasteiger partial charge is 0.234 e. The van der Waals surface area contributed by atoms with Crippen molar-refractivity contribution in [3.63, 3.8) is 0 Å². The molecule has 0 aliphatic carbocycles. The molecule has 0 bridgehead atoms. The molecular weight excluding hydrogens is 469 g/mol. The van der Waals surface area contributed by atoms with E-state index in [0.29, 0.717) is 33.3 Å². The molecular formula is C22H23Cl2N5O2S. The van der Waals surface area contributed by atoms with Gasteiger partial charge in [0.2, 0.25) is 11.8 Å². The van der Waals surface area contributed by atoms with Crippen LogP contribution in [0.2, 0.25) is 10.0 Å². The third-order valence-corrected chi connectivity index (χ3v) is 6.15. The van der Waals surface area contributed by atoms with Crippen molar-refractivity contribution in [1.82, 2.24) is 14.8 Å². The Morgan fingerprint density at radius 2 is 1.75 bits per heavy atom. The second kappa shape index (κ2) is 11.4. The predicted octanol–water partition coefficient (Wildman–Crippen LogP) is 5.08. The van der Waals surface area contributed by atoms with Crippen molar-refractivity contribution in [2.75, 3.05) is 16.4 Å². The molecule has 0 unspecified atom stereocenters. The minimum atomic E-state index is -0.236. The highest BCUT2D eigenvalue weighted by molar-refractivity contribution is 7.99. The SMILES string of the molecule is CCc1ccccc1NC(=O)Cc1nnc(SCC(=O)Nc2ccc(Cl)cc2Cl)n1CC. The molecule has 1 aromatic heterocycles. The monoisotopic (exact) mass is 491 g/mol. The third-order valence-electron chi connectivity index (χ3n) is 4.64. The molecule has 0 spiro atoms. The lowest BCUT2D eigenvalue weighted by atomic mass is 10.1. The number of carbonyl (C=O) groups excluding carboxylic acids is 2. The first-order chi connectivity index (χ1) is 15.4. The summed E-state index contributed by atoms with van der Waals surface area (Å²) in [5.41, 5.74) is 2.36. The van der Waals surface area contributed by atoms with Gasteiger partial charge in [0.15, 0.2) is 5.16 Å². The van der Waals surface area contributed by atoms with E-state index in [2.05, 4.69) is 20.8 Å². The minimum Gasteiger partial charge on any atom is -0.325 e. The van der Waals surface area contributed by atoms with Crippen LogP contribution < -0.4 is 10.6 Å².